The molecule has 4 nitrogen and oxygen atoms in total. The molecule has 0 fully saturated rings. The van der Waals surface area contributed by atoms with E-state index in [1.54, 1.807) is 0 Å². The van der Waals surface area contributed by atoms with Crippen molar-refractivity contribution in [2.45, 2.75) is 19.8 Å². The van der Waals surface area contributed by atoms with Gasteiger partial charge in [0.25, 0.3) is 0 Å². The molecule has 2 aromatic carbocycles. The SMILES string of the molecule is [B]NCCc1cc(NC2=CCC(C)C=N2)cc2c3cc(Cl)ccc3n(I)c12. The largest absolute Gasteiger partial charge is 0.366 e. The van der Waals surface area contributed by atoms with E-state index in [0.29, 0.717) is 12.5 Å². The van der Waals surface area contributed by atoms with Crippen LogP contribution in [0, 0.1) is 5.92 Å². The molecule has 1 aromatic heterocycles. The van der Waals surface area contributed by atoms with E-state index in [1.165, 1.54) is 16.5 Å². The van der Waals surface area contributed by atoms with Crippen molar-refractivity contribution < 1.29 is 0 Å². The van der Waals surface area contributed by atoms with Crippen molar-refractivity contribution in [3.05, 3.63) is 52.8 Å². The highest BCUT2D eigenvalue weighted by Crippen LogP contribution is 2.37. The highest BCUT2D eigenvalue weighted by atomic mass is 127. The summed E-state index contributed by atoms with van der Waals surface area (Å²) >= 11 is 8.64. The van der Waals surface area contributed by atoms with E-state index in [4.69, 9.17) is 19.6 Å². The Morgan fingerprint density at radius 3 is 2.89 bits per heavy atom. The maximum atomic E-state index is 6.28. The monoisotopic (exact) mass is 488 g/mol. The number of nitrogens with one attached hydrogen (secondary N) is 2. The van der Waals surface area contributed by atoms with Crippen molar-refractivity contribution in [1.82, 2.24) is 8.01 Å². The van der Waals surface area contributed by atoms with Gasteiger partial charge in [-0.2, -0.15) is 0 Å². The molecule has 0 spiro atoms. The van der Waals surface area contributed by atoms with Gasteiger partial charge in [0, 0.05) is 27.7 Å². The predicted octanol–water partition coefficient (Wildman–Crippen LogP) is 5.23. The molecule has 0 amide bonds. The van der Waals surface area contributed by atoms with Gasteiger partial charge < -0.3 is 10.5 Å². The molecule has 136 valence electrons. The van der Waals surface area contributed by atoms with Crippen LogP contribution in [0.2, 0.25) is 5.02 Å². The van der Waals surface area contributed by atoms with Crippen LogP contribution >= 0.6 is 34.5 Å². The molecule has 27 heavy (non-hydrogen) atoms. The average molecular weight is 489 g/mol. The average Bonchev–Trinajstić information content (AvgIpc) is 2.93. The summed E-state index contributed by atoms with van der Waals surface area (Å²) in [4.78, 5) is 4.52. The van der Waals surface area contributed by atoms with E-state index < -0.39 is 0 Å². The minimum absolute atomic E-state index is 0.489. The van der Waals surface area contributed by atoms with Crippen molar-refractivity contribution in [1.29, 1.82) is 0 Å². The first-order valence-corrected chi connectivity index (χ1v) is 10.3. The quantitative estimate of drug-likeness (QED) is 0.382. The summed E-state index contributed by atoms with van der Waals surface area (Å²) in [6.07, 6.45) is 5.97. The molecule has 1 aliphatic heterocycles. The summed E-state index contributed by atoms with van der Waals surface area (Å²) in [5.74, 6) is 1.38. The Kier molecular flexibility index (Phi) is 5.48. The third kappa shape index (κ3) is 3.75. The fourth-order valence-electron chi connectivity index (χ4n) is 3.47. The Balaban J connectivity index is 1.86. The maximum absolute atomic E-state index is 6.28. The first kappa shape index (κ1) is 18.8. The molecule has 1 aliphatic rings. The van der Waals surface area contributed by atoms with Gasteiger partial charge in [-0.05, 0) is 67.3 Å². The third-order valence-electron chi connectivity index (χ3n) is 4.81. The number of aliphatic imine (C=N–C) groups is 1. The van der Waals surface area contributed by atoms with Crippen LogP contribution in [-0.4, -0.2) is 23.5 Å². The highest BCUT2D eigenvalue weighted by molar-refractivity contribution is 14.1. The van der Waals surface area contributed by atoms with Gasteiger partial charge >= 0.3 is 0 Å². The summed E-state index contributed by atoms with van der Waals surface area (Å²) in [6.45, 7) is 2.87. The third-order valence-corrected chi connectivity index (χ3v) is 6.04. The zero-order valence-corrected chi connectivity index (χ0v) is 17.9. The van der Waals surface area contributed by atoms with Crippen LogP contribution in [0.5, 0.6) is 0 Å². The van der Waals surface area contributed by atoms with Crippen LogP contribution in [0.1, 0.15) is 18.9 Å². The summed E-state index contributed by atoms with van der Waals surface area (Å²) in [5.41, 5.74) is 4.60. The van der Waals surface area contributed by atoms with E-state index in [9.17, 15) is 0 Å². The Bertz CT molecular complexity index is 1070. The van der Waals surface area contributed by atoms with Crippen molar-refractivity contribution >= 4 is 76.2 Å². The van der Waals surface area contributed by atoms with E-state index in [2.05, 4.69) is 72.4 Å². The number of allylic oxidation sites excluding steroid dienone is 1. The molecule has 7 heteroatoms. The summed E-state index contributed by atoms with van der Waals surface area (Å²) in [7, 11) is 5.53. The van der Waals surface area contributed by atoms with Crippen molar-refractivity contribution in [2.75, 3.05) is 11.9 Å². The number of aromatic nitrogens is 1. The predicted molar refractivity (Wildman–Crippen MR) is 125 cm³/mol. The molecule has 2 heterocycles. The first-order valence-electron chi connectivity index (χ1n) is 8.94. The lowest BCUT2D eigenvalue weighted by molar-refractivity contribution is 0.786. The fourth-order valence-corrected chi connectivity index (χ4v) is 4.63. The van der Waals surface area contributed by atoms with Crippen molar-refractivity contribution in [3.63, 3.8) is 0 Å². The van der Waals surface area contributed by atoms with Gasteiger partial charge in [-0.3, -0.25) is 2.78 Å². The number of hydrogen-bond acceptors (Lipinski definition) is 3. The Labute approximate surface area is 179 Å². The minimum atomic E-state index is 0.489. The number of fused-ring (bicyclic) bond motifs is 3. The van der Waals surface area contributed by atoms with Gasteiger partial charge in [-0.15, -0.1) is 0 Å². The van der Waals surface area contributed by atoms with E-state index in [1.807, 2.05) is 18.3 Å². The molecule has 2 N–H and O–H groups in total. The van der Waals surface area contributed by atoms with Crippen LogP contribution in [0.4, 0.5) is 5.69 Å². The second-order valence-electron chi connectivity index (χ2n) is 6.88. The lowest BCUT2D eigenvalue weighted by Gasteiger charge is -2.15. The molecule has 0 saturated heterocycles. The standard InChI is InChI=1S/C20H19BClIN4/c1-12-2-5-19(24-11-12)26-15-8-13(6-7-25-21)20-17(10-15)16-9-14(22)3-4-18(16)27(20)23/h3-5,8-12,25-26H,2,6-7H2,1H3. The molecular weight excluding hydrogens is 469 g/mol. The molecule has 1 atom stereocenters. The van der Waals surface area contributed by atoms with Gasteiger partial charge in [0.15, 0.2) is 7.98 Å². The van der Waals surface area contributed by atoms with Crippen LogP contribution in [-0.2, 0) is 6.42 Å². The Morgan fingerprint density at radius 2 is 2.15 bits per heavy atom. The summed E-state index contributed by atoms with van der Waals surface area (Å²) < 4.78 is 2.20. The summed E-state index contributed by atoms with van der Waals surface area (Å²) in [6, 6.07) is 10.4. The van der Waals surface area contributed by atoms with Crippen LogP contribution in [0.3, 0.4) is 0 Å². The van der Waals surface area contributed by atoms with E-state index in [0.717, 1.165) is 40.3 Å². The van der Waals surface area contributed by atoms with Gasteiger partial charge in [0.1, 0.15) is 5.82 Å². The molecule has 1 unspecified atom stereocenters. The molecule has 0 saturated carbocycles. The minimum Gasteiger partial charge on any atom is -0.366 e. The number of rotatable bonds is 5. The van der Waals surface area contributed by atoms with Gasteiger partial charge in [-0.25, -0.2) is 4.99 Å². The lowest BCUT2D eigenvalue weighted by atomic mass is 10.0. The van der Waals surface area contributed by atoms with Gasteiger partial charge in [-0.1, -0.05) is 18.5 Å². The van der Waals surface area contributed by atoms with Gasteiger partial charge in [0.05, 0.1) is 33.9 Å². The van der Waals surface area contributed by atoms with Crippen LogP contribution in [0.15, 0.2) is 47.2 Å². The number of nitrogens with zero attached hydrogens (tertiary/aromatic N) is 2. The zero-order chi connectivity index (χ0) is 19.0. The van der Waals surface area contributed by atoms with Gasteiger partial charge in [0.2, 0.25) is 0 Å². The molecule has 4 rings (SSSR count). The second kappa shape index (κ2) is 7.85. The van der Waals surface area contributed by atoms with Crippen LogP contribution < -0.4 is 10.5 Å². The number of hydrogen-bond donors (Lipinski definition) is 2. The van der Waals surface area contributed by atoms with E-state index in [-0.39, 0.29) is 0 Å². The zero-order valence-electron chi connectivity index (χ0n) is 15.0. The van der Waals surface area contributed by atoms with E-state index >= 15 is 0 Å². The Morgan fingerprint density at radius 1 is 1.30 bits per heavy atom. The highest BCUT2D eigenvalue weighted by Gasteiger charge is 2.15. The molecule has 0 bridgehead atoms. The maximum Gasteiger partial charge on any atom is 0.177 e. The fraction of sp³-hybridized carbons (Fsp3) is 0.250. The number of benzene rings is 2. The topological polar surface area (TPSA) is 41.4 Å². The molecule has 3 aromatic rings. The molecular formula is C20H19BClIN4. The van der Waals surface area contributed by atoms with Crippen molar-refractivity contribution in [2.24, 2.45) is 10.9 Å². The number of anilines is 1. The molecule has 2 radical (unpaired) electrons. The summed E-state index contributed by atoms with van der Waals surface area (Å²) in [5, 5.41) is 9.29. The second-order valence-corrected chi connectivity index (χ2v) is 8.28. The van der Waals surface area contributed by atoms with Crippen LogP contribution in [0.25, 0.3) is 21.8 Å². The molecule has 0 aliphatic carbocycles. The van der Waals surface area contributed by atoms with Crippen molar-refractivity contribution in [3.8, 4) is 0 Å². The first-order chi connectivity index (χ1) is 13.1. The smallest absolute Gasteiger partial charge is 0.177 e. The normalized spacial score (nSPS) is 16.9. The lowest BCUT2D eigenvalue weighted by Crippen LogP contribution is -2.13. The number of halogens is 2. The Hall–Kier alpha value is -1.51.